The van der Waals surface area contributed by atoms with Gasteiger partial charge in [0, 0.05) is 23.2 Å². The molecule has 1 aromatic rings. The highest BCUT2D eigenvalue weighted by molar-refractivity contribution is 9.10. The van der Waals surface area contributed by atoms with Crippen LogP contribution in [0.3, 0.4) is 0 Å². The lowest BCUT2D eigenvalue weighted by Crippen LogP contribution is -2.35. The second-order valence-electron chi connectivity index (χ2n) is 4.66. The molecule has 0 amide bonds. The lowest BCUT2D eigenvalue weighted by Gasteiger charge is -2.29. The molecule has 1 atom stereocenters. The molecule has 0 aromatic heterocycles. The second-order valence-corrected chi connectivity index (χ2v) is 5.57. The Morgan fingerprint density at radius 3 is 2.81 bits per heavy atom. The highest BCUT2D eigenvalue weighted by Gasteiger charge is 2.16. The predicted molar refractivity (Wildman–Crippen MR) is 72.9 cm³/mol. The largest absolute Gasteiger partial charge is 0.385 e. The van der Waals surface area contributed by atoms with E-state index in [9.17, 15) is 0 Å². The molecular weight excluding hydrogens is 264 g/mol. The molecule has 1 saturated heterocycles. The van der Waals surface area contributed by atoms with Gasteiger partial charge in [0.2, 0.25) is 0 Å². The fourth-order valence-corrected chi connectivity index (χ4v) is 2.53. The molecule has 1 aliphatic heterocycles. The lowest BCUT2D eigenvalue weighted by atomic mass is 9.98. The Balaban J connectivity index is 1.80. The van der Waals surface area contributed by atoms with Gasteiger partial charge in [0.1, 0.15) is 0 Å². The van der Waals surface area contributed by atoms with Crippen molar-refractivity contribution >= 4 is 21.6 Å². The van der Waals surface area contributed by atoms with Gasteiger partial charge in [0.25, 0.3) is 0 Å². The van der Waals surface area contributed by atoms with E-state index in [0.29, 0.717) is 0 Å². The molecule has 1 aromatic carbocycles. The van der Waals surface area contributed by atoms with Crippen LogP contribution in [0.1, 0.15) is 12.8 Å². The average Bonchev–Trinajstić information content (AvgIpc) is 2.28. The van der Waals surface area contributed by atoms with Crippen molar-refractivity contribution in [2.24, 2.45) is 5.92 Å². The minimum atomic E-state index is 0.794. The SMILES string of the molecule is CN1CCCC(CNc2ccc(Br)cc2)C1. The first-order chi connectivity index (χ1) is 7.74. The van der Waals surface area contributed by atoms with Gasteiger partial charge in [-0.1, -0.05) is 15.9 Å². The first-order valence-corrected chi connectivity index (χ1v) is 6.71. The van der Waals surface area contributed by atoms with Gasteiger partial charge in [-0.2, -0.15) is 0 Å². The first kappa shape index (κ1) is 11.9. The Labute approximate surface area is 106 Å². The van der Waals surface area contributed by atoms with Crippen molar-refractivity contribution in [3.8, 4) is 0 Å². The maximum atomic E-state index is 3.51. The first-order valence-electron chi connectivity index (χ1n) is 5.92. The standard InChI is InChI=1S/C13H19BrN2/c1-16-8-2-3-11(10-16)9-15-13-6-4-12(14)5-7-13/h4-7,11,15H,2-3,8-10H2,1H3. The highest BCUT2D eigenvalue weighted by atomic mass is 79.9. The van der Waals surface area contributed by atoms with E-state index in [-0.39, 0.29) is 0 Å². The molecule has 16 heavy (non-hydrogen) atoms. The van der Waals surface area contributed by atoms with Gasteiger partial charge in [-0.05, 0) is 56.6 Å². The summed E-state index contributed by atoms with van der Waals surface area (Å²) < 4.78 is 1.13. The van der Waals surface area contributed by atoms with Gasteiger partial charge in [-0.3, -0.25) is 0 Å². The van der Waals surface area contributed by atoms with E-state index in [0.717, 1.165) is 16.9 Å². The minimum Gasteiger partial charge on any atom is -0.385 e. The number of hydrogen-bond donors (Lipinski definition) is 1. The zero-order valence-electron chi connectivity index (χ0n) is 9.75. The van der Waals surface area contributed by atoms with Gasteiger partial charge in [0.05, 0.1) is 0 Å². The summed E-state index contributed by atoms with van der Waals surface area (Å²) in [7, 11) is 2.21. The summed E-state index contributed by atoms with van der Waals surface area (Å²) >= 11 is 3.45. The molecule has 0 spiro atoms. The van der Waals surface area contributed by atoms with E-state index in [1.54, 1.807) is 0 Å². The average molecular weight is 283 g/mol. The monoisotopic (exact) mass is 282 g/mol. The van der Waals surface area contributed by atoms with Crippen molar-refractivity contribution in [3.63, 3.8) is 0 Å². The fraction of sp³-hybridized carbons (Fsp3) is 0.538. The number of likely N-dealkylation sites (tertiary alicyclic amines) is 1. The number of rotatable bonds is 3. The summed E-state index contributed by atoms with van der Waals surface area (Å²) in [6.07, 6.45) is 2.69. The van der Waals surface area contributed by atoms with E-state index in [1.165, 1.54) is 31.6 Å². The number of nitrogens with zero attached hydrogens (tertiary/aromatic N) is 1. The number of nitrogens with one attached hydrogen (secondary N) is 1. The summed E-state index contributed by atoms with van der Waals surface area (Å²) in [5.74, 6) is 0.794. The molecule has 0 bridgehead atoms. The molecule has 1 aliphatic rings. The zero-order valence-corrected chi connectivity index (χ0v) is 11.3. The smallest absolute Gasteiger partial charge is 0.0341 e. The molecule has 3 heteroatoms. The van der Waals surface area contributed by atoms with E-state index in [4.69, 9.17) is 0 Å². The van der Waals surface area contributed by atoms with Crippen LogP contribution in [-0.2, 0) is 0 Å². The van der Waals surface area contributed by atoms with Crippen LogP contribution in [0.15, 0.2) is 28.7 Å². The van der Waals surface area contributed by atoms with Crippen LogP contribution in [0.4, 0.5) is 5.69 Å². The van der Waals surface area contributed by atoms with E-state index >= 15 is 0 Å². The van der Waals surface area contributed by atoms with Crippen LogP contribution in [0.2, 0.25) is 0 Å². The number of halogens is 1. The third-order valence-electron chi connectivity index (χ3n) is 3.16. The summed E-state index contributed by atoms with van der Waals surface area (Å²) in [6.45, 7) is 3.57. The second kappa shape index (κ2) is 5.69. The maximum absolute atomic E-state index is 3.51. The van der Waals surface area contributed by atoms with Gasteiger partial charge in [-0.15, -0.1) is 0 Å². The molecule has 0 radical (unpaired) electrons. The van der Waals surface area contributed by atoms with Crippen LogP contribution < -0.4 is 5.32 Å². The van der Waals surface area contributed by atoms with E-state index in [2.05, 4.69) is 57.5 Å². The maximum Gasteiger partial charge on any atom is 0.0341 e. The van der Waals surface area contributed by atoms with E-state index in [1.807, 2.05) is 0 Å². The molecule has 2 rings (SSSR count). The Kier molecular flexibility index (Phi) is 4.24. The topological polar surface area (TPSA) is 15.3 Å². The third kappa shape index (κ3) is 3.49. The molecule has 1 heterocycles. The van der Waals surface area contributed by atoms with E-state index < -0.39 is 0 Å². The molecule has 0 aliphatic carbocycles. The number of piperidine rings is 1. The Morgan fingerprint density at radius 1 is 1.38 bits per heavy atom. The lowest BCUT2D eigenvalue weighted by molar-refractivity contribution is 0.217. The van der Waals surface area contributed by atoms with Crippen molar-refractivity contribution in [1.82, 2.24) is 4.90 Å². The molecule has 0 saturated carbocycles. The highest BCUT2D eigenvalue weighted by Crippen LogP contribution is 2.18. The number of anilines is 1. The number of hydrogen-bond acceptors (Lipinski definition) is 2. The molecule has 1 fully saturated rings. The zero-order chi connectivity index (χ0) is 11.4. The van der Waals surface area contributed by atoms with Crippen molar-refractivity contribution in [2.75, 3.05) is 32.0 Å². The third-order valence-corrected chi connectivity index (χ3v) is 3.69. The van der Waals surface area contributed by atoms with Crippen LogP contribution in [0, 0.1) is 5.92 Å². The van der Waals surface area contributed by atoms with Crippen molar-refractivity contribution in [3.05, 3.63) is 28.7 Å². The molecule has 1 N–H and O–H groups in total. The van der Waals surface area contributed by atoms with Crippen LogP contribution >= 0.6 is 15.9 Å². The molecule has 88 valence electrons. The number of benzene rings is 1. The van der Waals surface area contributed by atoms with Crippen LogP contribution in [0.25, 0.3) is 0 Å². The minimum absolute atomic E-state index is 0.794. The van der Waals surface area contributed by atoms with Crippen molar-refractivity contribution in [2.45, 2.75) is 12.8 Å². The summed E-state index contributed by atoms with van der Waals surface area (Å²) in [5.41, 5.74) is 1.22. The normalized spacial score (nSPS) is 22.0. The summed E-state index contributed by atoms with van der Waals surface area (Å²) in [5, 5.41) is 3.51. The molecule has 2 nitrogen and oxygen atoms in total. The van der Waals surface area contributed by atoms with Crippen LogP contribution in [-0.4, -0.2) is 31.6 Å². The predicted octanol–water partition coefficient (Wildman–Crippen LogP) is 3.20. The quantitative estimate of drug-likeness (QED) is 0.916. The summed E-state index contributed by atoms with van der Waals surface area (Å²) in [6, 6.07) is 8.40. The van der Waals surface area contributed by atoms with Gasteiger partial charge in [0.15, 0.2) is 0 Å². The Hall–Kier alpha value is -0.540. The van der Waals surface area contributed by atoms with Gasteiger partial charge in [-0.25, -0.2) is 0 Å². The van der Waals surface area contributed by atoms with Gasteiger partial charge < -0.3 is 10.2 Å². The fourth-order valence-electron chi connectivity index (χ4n) is 2.27. The van der Waals surface area contributed by atoms with Crippen LogP contribution in [0.5, 0.6) is 0 Å². The Bertz CT molecular complexity index is 323. The summed E-state index contributed by atoms with van der Waals surface area (Å²) in [4.78, 5) is 2.43. The van der Waals surface area contributed by atoms with Gasteiger partial charge >= 0.3 is 0 Å². The van der Waals surface area contributed by atoms with Crippen molar-refractivity contribution in [1.29, 1.82) is 0 Å². The molecule has 1 unspecified atom stereocenters. The van der Waals surface area contributed by atoms with Crippen molar-refractivity contribution < 1.29 is 0 Å². The molecular formula is C13H19BrN2. The Morgan fingerprint density at radius 2 is 2.12 bits per heavy atom.